The average molecular weight is 271 g/mol. The Kier molecular flexibility index (Phi) is 5.24. The molecule has 4 nitrogen and oxygen atoms in total. The van der Waals surface area contributed by atoms with Crippen molar-refractivity contribution in [2.75, 3.05) is 24.2 Å². The normalized spacial score (nSPS) is 10.2. The van der Waals surface area contributed by atoms with Crippen LogP contribution >= 0.6 is 0 Å². The van der Waals surface area contributed by atoms with Gasteiger partial charge in [0.05, 0.1) is 12.3 Å². The van der Waals surface area contributed by atoms with E-state index in [2.05, 4.69) is 17.2 Å². The number of hydrogen-bond acceptors (Lipinski definition) is 4. The Labute approximate surface area is 120 Å². The molecule has 2 rings (SSSR count). The van der Waals surface area contributed by atoms with Gasteiger partial charge in [-0.3, -0.25) is 4.98 Å². The number of nitrogens with one attached hydrogen (secondary N) is 1. The number of nitrogens with zero attached hydrogens (tertiary/aromatic N) is 1. The van der Waals surface area contributed by atoms with Gasteiger partial charge in [0.1, 0.15) is 5.75 Å². The summed E-state index contributed by atoms with van der Waals surface area (Å²) in [5.41, 5.74) is 8.66. The van der Waals surface area contributed by atoms with Crippen LogP contribution in [0, 0.1) is 0 Å². The maximum Gasteiger partial charge on any atom is 0.144 e. The molecule has 0 amide bonds. The molecule has 1 aromatic carbocycles. The number of pyridine rings is 1. The molecule has 106 valence electrons. The van der Waals surface area contributed by atoms with Gasteiger partial charge in [0.15, 0.2) is 0 Å². The molecule has 2 aromatic rings. The Morgan fingerprint density at radius 3 is 2.90 bits per heavy atom. The summed E-state index contributed by atoms with van der Waals surface area (Å²) in [6.07, 6.45) is 3.67. The lowest BCUT2D eigenvalue weighted by Gasteiger charge is -2.11. The van der Waals surface area contributed by atoms with Crippen LogP contribution in [0.2, 0.25) is 0 Å². The van der Waals surface area contributed by atoms with Gasteiger partial charge in [-0.25, -0.2) is 0 Å². The van der Waals surface area contributed by atoms with Gasteiger partial charge >= 0.3 is 0 Å². The van der Waals surface area contributed by atoms with Crippen molar-refractivity contribution in [2.24, 2.45) is 0 Å². The molecule has 0 bridgehead atoms. The number of anilines is 2. The lowest BCUT2D eigenvalue weighted by molar-refractivity contribution is 0.319. The fraction of sp³-hybridized carbons (Fsp3) is 0.312. The van der Waals surface area contributed by atoms with Gasteiger partial charge in [0, 0.05) is 36.6 Å². The average Bonchev–Trinajstić information content (AvgIpc) is 2.49. The summed E-state index contributed by atoms with van der Waals surface area (Å²) in [5, 5.41) is 3.36. The van der Waals surface area contributed by atoms with Crippen LogP contribution in [-0.4, -0.2) is 18.1 Å². The van der Waals surface area contributed by atoms with Crippen LogP contribution in [0.15, 0.2) is 42.6 Å². The zero-order valence-electron chi connectivity index (χ0n) is 11.8. The molecule has 0 aliphatic rings. The lowest BCUT2D eigenvalue weighted by atomic mass is 10.2. The Bertz CT molecular complexity index is 529. The highest BCUT2D eigenvalue weighted by atomic mass is 16.5. The van der Waals surface area contributed by atoms with E-state index in [1.165, 1.54) is 0 Å². The summed E-state index contributed by atoms with van der Waals surface area (Å²) in [5.74, 6) is 0.745. The first kappa shape index (κ1) is 14.2. The molecule has 0 spiro atoms. The van der Waals surface area contributed by atoms with Crippen LogP contribution in [0.5, 0.6) is 5.75 Å². The van der Waals surface area contributed by atoms with E-state index >= 15 is 0 Å². The highest BCUT2D eigenvalue weighted by Crippen LogP contribution is 2.25. The first-order chi connectivity index (χ1) is 9.79. The molecule has 0 fully saturated rings. The SMILES string of the molecule is CCCOc1cc(NCCc2ccccn2)ccc1N. The molecule has 0 saturated heterocycles. The molecular weight excluding hydrogens is 250 g/mol. The molecule has 0 aliphatic carbocycles. The van der Waals surface area contributed by atoms with Crippen molar-refractivity contribution in [3.8, 4) is 5.75 Å². The van der Waals surface area contributed by atoms with Crippen molar-refractivity contribution in [3.05, 3.63) is 48.3 Å². The maximum absolute atomic E-state index is 5.89. The fourth-order valence-electron chi connectivity index (χ4n) is 1.86. The molecule has 0 unspecified atom stereocenters. The summed E-state index contributed by atoms with van der Waals surface area (Å²) in [6, 6.07) is 11.7. The predicted molar refractivity (Wildman–Crippen MR) is 83.1 cm³/mol. The minimum Gasteiger partial charge on any atom is -0.491 e. The number of ether oxygens (including phenoxy) is 1. The molecule has 0 saturated carbocycles. The Balaban J connectivity index is 1.89. The van der Waals surface area contributed by atoms with Crippen molar-refractivity contribution in [3.63, 3.8) is 0 Å². The zero-order chi connectivity index (χ0) is 14.2. The first-order valence-corrected chi connectivity index (χ1v) is 6.95. The molecule has 20 heavy (non-hydrogen) atoms. The van der Waals surface area contributed by atoms with Gasteiger partial charge in [-0.15, -0.1) is 0 Å². The standard InChI is InChI=1S/C16H21N3O/c1-2-11-20-16-12-14(6-7-15(16)17)19-10-8-13-5-3-4-9-18-13/h3-7,9,12,19H,2,8,10-11,17H2,1H3. The molecule has 0 radical (unpaired) electrons. The Hall–Kier alpha value is -2.23. The van der Waals surface area contributed by atoms with Crippen LogP contribution in [0.1, 0.15) is 19.0 Å². The summed E-state index contributed by atoms with van der Waals surface area (Å²) in [6.45, 7) is 3.58. The number of nitrogens with two attached hydrogens (primary N) is 1. The smallest absolute Gasteiger partial charge is 0.144 e. The monoisotopic (exact) mass is 271 g/mol. The minimum atomic E-state index is 0.675. The van der Waals surface area contributed by atoms with Gasteiger partial charge in [-0.05, 0) is 30.7 Å². The second-order valence-electron chi connectivity index (χ2n) is 4.60. The summed E-state index contributed by atoms with van der Waals surface area (Å²) in [4.78, 5) is 4.30. The largest absolute Gasteiger partial charge is 0.491 e. The topological polar surface area (TPSA) is 60.2 Å². The van der Waals surface area contributed by atoms with E-state index in [-0.39, 0.29) is 0 Å². The fourth-order valence-corrected chi connectivity index (χ4v) is 1.86. The molecule has 1 heterocycles. The van der Waals surface area contributed by atoms with Crippen molar-refractivity contribution in [2.45, 2.75) is 19.8 Å². The van der Waals surface area contributed by atoms with E-state index in [1.807, 2.05) is 42.6 Å². The van der Waals surface area contributed by atoms with Gasteiger partial charge in [-0.2, -0.15) is 0 Å². The highest BCUT2D eigenvalue weighted by molar-refractivity contribution is 5.61. The van der Waals surface area contributed by atoms with Gasteiger partial charge in [0.2, 0.25) is 0 Å². The maximum atomic E-state index is 5.89. The van der Waals surface area contributed by atoms with Crippen LogP contribution < -0.4 is 15.8 Å². The molecule has 0 aliphatic heterocycles. The number of benzene rings is 1. The predicted octanol–water partition coefficient (Wildman–Crippen LogP) is 3.11. The minimum absolute atomic E-state index is 0.675. The van der Waals surface area contributed by atoms with Gasteiger partial charge in [0.25, 0.3) is 0 Å². The van der Waals surface area contributed by atoms with E-state index in [0.29, 0.717) is 12.3 Å². The molecule has 4 heteroatoms. The van der Waals surface area contributed by atoms with E-state index in [1.54, 1.807) is 0 Å². The van der Waals surface area contributed by atoms with Gasteiger partial charge < -0.3 is 15.8 Å². The highest BCUT2D eigenvalue weighted by Gasteiger charge is 2.02. The van der Waals surface area contributed by atoms with Crippen molar-refractivity contribution >= 4 is 11.4 Å². The third-order valence-corrected chi connectivity index (χ3v) is 2.91. The number of nitrogen functional groups attached to an aromatic ring is 1. The molecule has 1 aromatic heterocycles. The van der Waals surface area contributed by atoms with Crippen LogP contribution in [0.3, 0.4) is 0 Å². The summed E-state index contributed by atoms with van der Waals surface area (Å²) in [7, 11) is 0. The first-order valence-electron chi connectivity index (χ1n) is 6.95. The van der Waals surface area contributed by atoms with Crippen LogP contribution in [-0.2, 0) is 6.42 Å². The number of aromatic nitrogens is 1. The number of rotatable bonds is 7. The zero-order valence-corrected chi connectivity index (χ0v) is 11.8. The van der Waals surface area contributed by atoms with Crippen molar-refractivity contribution in [1.82, 2.24) is 4.98 Å². The molecule has 0 atom stereocenters. The van der Waals surface area contributed by atoms with E-state index in [9.17, 15) is 0 Å². The second-order valence-corrected chi connectivity index (χ2v) is 4.60. The molecule has 3 N–H and O–H groups in total. The van der Waals surface area contributed by atoms with Crippen molar-refractivity contribution in [1.29, 1.82) is 0 Å². The van der Waals surface area contributed by atoms with E-state index in [0.717, 1.165) is 36.5 Å². The lowest BCUT2D eigenvalue weighted by Crippen LogP contribution is -2.06. The van der Waals surface area contributed by atoms with E-state index in [4.69, 9.17) is 10.5 Å². The van der Waals surface area contributed by atoms with Crippen LogP contribution in [0.4, 0.5) is 11.4 Å². The Morgan fingerprint density at radius 1 is 1.25 bits per heavy atom. The summed E-state index contributed by atoms with van der Waals surface area (Å²) < 4.78 is 5.61. The summed E-state index contributed by atoms with van der Waals surface area (Å²) >= 11 is 0. The second kappa shape index (κ2) is 7.38. The molecular formula is C16H21N3O. The van der Waals surface area contributed by atoms with E-state index < -0.39 is 0 Å². The van der Waals surface area contributed by atoms with Gasteiger partial charge in [-0.1, -0.05) is 13.0 Å². The van der Waals surface area contributed by atoms with Crippen LogP contribution in [0.25, 0.3) is 0 Å². The third kappa shape index (κ3) is 4.16. The Morgan fingerprint density at radius 2 is 2.15 bits per heavy atom. The number of hydrogen-bond donors (Lipinski definition) is 2. The quantitative estimate of drug-likeness (QED) is 0.760. The van der Waals surface area contributed by atoms with Crippen molar-refractivity contribution < 1.29 is 4.74 Å². The third-order valence-electron chi connectivity index (χ3n) is 2.91.